The highest BCUT2D eigenvalue weighted by atomic mass is 32.1. The molecule has 1 N–H and O–H groups in total. The molecule has 2 aromatic heterocycles. The molecule has 0 amide bonds. The minimum Gasteiger partial charge on any atom is -0.356 e. The maximum absolute atomic E-state index is 12.9. The van der Waals surface area contributed by atoms with Crippen molar-refractivity contribution in [2.45, 2.75) is 26.7 Å². The Balaban J connectivity index is 1.59. The lowest BCUT2D eigenvalue weighted by Crippen LogP contribution is -2.22. The molecule has 25 heavy (non-hydrogen) atoms. The molecule has 0 atom stereocenters. The molecule has 0 aliphatic carbocycles. The van der Waals surface area contributed by atoms with Crippen LogP contribution < -0.4 is 5.32 Å². The van der Waals surface area contributed by atoms with Gasteiger partial charge >= 0.3 is 0 Å². The number of aryl methyl sites for hydroxylation is 1. The average molecular weight is 395 g/mol. The summed E-state index contributed by atoms with van der Waals surface area (Å²) in [6.45, 7) is 4.24. The summed E-state index contributed by atoms with van der Waals surface area (Å²) in [5, 5.41) is 10.7. The number of hydrogen-bond donors (Lipinski definition) is 1. The number of nitrogens with zero attached hydrogens (tertiary/aromatic N) is 3. The third-order valence-electron chi connectivity index (χ3n) is 3.72. The molecule has 4 nitrogen and oxygen atoms in total. The third kappa shape index (κ3) is 4.94. The molecule has 0 fully saturated rings. The summed E-state index contributed by atoms with van der Waals surface area (Å²) in [6.07, 6.45) is 0. The lowest BCUT2D eigenvalue weighted by Gasteiger charge is -2.15. The Morgan fingerprint density at radius 1 is 1.28 bits per heavy atom. The SMILES string of the molecule is Cc1ccsc1CN(C)Cn1nc(NCc2ccc(F)cc2)sc1=S. The van der Waals surface area contributed by atoms with Crippen LogP contribution in [-0.2, 0) is 19.8 Å². The van der Waals surface area contributed by atoms with Crippen molar-refractivity contribution in [3.8, 4) is 0 Å². The van der Waals surface area contributed by atoms with Gasteiger partial charge in [0.25, 0.3) is 0 Å². The highest BCUT2D eigenvalue weighted by Gasteiger charge is 2.09. The quantitative estimate of drug-likeness (QED) is 0.579. The van der Waals surface area contributed by atoms with Crippen LogP contribution in [0.4, 0.5) is 9.52 Å². The van der Waals surface area contributed by atoms with Gasteiger partial charge in [0, 0.05) is 18.0 Å². The van der Waals surface area contributed by atoms with Crippen molar-refractivity contribution >= 4 is 40.0 Å². The van der Waals surface area contributed by atoms with Gasteiger partial charge in [-0.1, -0.05) is 23.5 Å². The van der Waals surface area contributed by atoms with Gasteiger partial charge in [-0.25, -0.2) is 9.07 Å². The maximum atomic E-state index is 12.9. The van der Waals surface area contributed by atoms with E-state index in [1.165, 1.54) is 33.9 Å². The van der Waals surface area contributed by atoms with Crippen LogP contribution in [0.15, 0.2) is 35.7 Å². The van der Waals surface area contributed by atoms with Crippen molar-refractivity contribution in [1.29, 1.82) is 0 Å². The van der Waals surface area contributed by atoms with E-state index in [2.05, 4.69) is 40.7 Å². The number of anilines is 1. The topological polar surface area (TPSA) is 33.1 Å². The van der Waals surface area contributed by atoms with Gasteiger partial charge in [0.05, 0.1) is 6.67 Å². The Morgan fingerprint density at radius 2 is 2.04 bits per heavy atom. The third-order valence-corrected chi connectivity index (χ3v) is 5.99. The van der Waals surface area contributed by atoms with Crippen molar-refractivity contribution in [2.75, 3.05) is 12.4 Å². The van der Waals surface area contributed by atoms with Gasteiger partial charge < -0.3 is 5.32 Å². The zero-order chi connectivity index (χ0) is 17.8. The van der Waals surface area contributed by atoms with Gasteiger partial charge in [0.15, 0.2) is 3.95 Å². The molecule has 0 aliphatic rings. The number of rotatable bonds is 7. The summed E-state index contributed by atoms with van der Waals surface area (Å²) in [4.78, 5) is 3.55. The lowest BCUT2D eigenvalue weighted by atomic mass is 10.2. The molecule has 1 aromatic carbocycles. The normalized spacial score (nSPS) is 11.2. The Hall–Kier alpha value is -1.61. The number of aromatic nitrogens is 2. The van der Waals surface area contributed by atoms with Crippen LogP contribution in [0.25, 0.3) is 0 Å². The van der Waals surface area contributed by atoms with E-state index in [1.54, 1.807) is 23.5 Å². The van der Waals surface area contributed by atoms with Crippen LogP contribution in [0.2, 0.25) is 0 Å². The van der Waals surface area contributed by atoms with Crippen LogP contribution in [0.3, 0.4) is 0 Å². The summed E-state index contributed by atoms with van der Waals surface area (Å²) in [7, 11) is 2.06. The number of nitrogens with one attached hydrogen (secondary N) is 1. The monoisotopic (exact) mass is 394 g/mol. The molecule has 0 saturated carbocycles. The Kier molecular flexibility index (Phi) is 5.95. The van der Waals surface area contributed by atoms with E-state index < -0.39 is 0 Å². The fourth-order valence-corrected chi connectivity index (χ4v) is 4.31. The first kappa shape index (κ1) is 18.2. The van der Waals surface area contributed by atoms with Crippen molar-refractivity contribution < 1.29 is 4.39 Å². The van der Waals surface area contributed by atoms with Crippen molar-refractivity contribution in [3.63, 3.8) is 0 Å². The fourth-order valence-electron chi connectivity index (χ4n) is 2.34. The lowest BCUT2D eigenvalue weighted by molar-refractivity contribution is 0.247. The van der Waals surface area contributed by atoms with Crippen LogP contribution in [0.1, 0.15) is 16.0 Å². The molecule has 3 aromatic rings. The van der Waals surface area contributed by atoms with Gasteiger partial charge in [-0.3, -0.25) is 4.90 Å². The van der Waals surface area contributed by atoms with E-state index in [9.17, 15) is 4.39 Å². The van der Waals surface area contributed by atoms with Gasteiger partial charge in [-0.2, -0.15) is 0 Å². The standard InChI is InChI=1S/C17H19FN4S3/c1-12-7-8-24-15(12)10-21(2)11-22-17(23)25-16(20-22)19-9-13-3-5-14(18)6-4-13/h3-8H,9-11H2,1-2H3,(H,19,20). The second-order valence-corrected chi connectivity index (χ2v) is 8.46. The highest BCUT2D eigenvalue weighted by Crippen LogP contribution is 2.19. The summed E-state index contributed by atoms with van der Waals surface area (Å²) < 4.78 is 15.5. The van der Waals surface area contributed by atoms with E-state index >= 15 is 0 Å². The van der Waals surface area contributed by atoms with Crippen LogP contribution in [-0.4, -0.2) is 21.7 Å². The van der Waals surface area contributed by atoms with Gasteiger partial charge in [-0.15, -0.1) is 16.4 Å². The van der Waals surface area contributed by atoms with E-state index in [0.717, 1.165) is 21.2 Å². The molecule has 0 bridgehead atoms. The van der Waals surface area contributed by atoms with Crippen LogP contribution in [0, 0.1) is 16.7 Å². The van der Waals surface area contributed by atoms with Crippen LogP contribution in [0.5, 0.6) is 0 Å². The molecule has 8 heteroatoms. The maximum Gasteiger partial charge on any atom is 0.204 e. The number of thiophene rings is 1. The molecule has 0 aliphatic heterocycles. The largest absolute Gasteiger partial charge is 0.356 e. The zero-order valence-corrected chi connectivity index (χ0v) is 16.5. The summed E-state index contributed by atoms with van der Waals surface area (Å²) >= 11 is 8.64. The molecule has 0 unspecified atom stereocenters. The van der Waals surface area contributed by atoms with Gasteiger partial charge in [0.1, 0.15) is 5.82 Å². The predicted octanol–water partition coefficient (Wildman–Crippen LogP) is 4.88. The average Bonchev–Trinajstić information content (AvgIpc) is 3.13. The summed E-state index contributed by atoms with van der Waals surface area (Å²) in [5.41, 5.74) is 2.32. The fraction of sp³-hybridized carbons (Fsp3) is 0.294. The number of benzene rings is 1. The highest BCUT2D eigenvalue weighted by molar-refractivity contribution is 7.73. The minimum atomic E-state index is -0.229. The molecule has 3 rings (SSSR count). The summed E-state index contributed by atoms with van der Waals surface area (Å²) in [5.74, 6) is -0.229. The van der Waals surface area contributed by atoms with Crippen LogP contribution >= 0.6 is 34.9 Å². The molecule has 132 valence electrons. The molecule has 2 heterocycles. The first-order valence-corrected chi connectivity index (χ1v) is 9.89. The minimum absolute atomic E-state index is 0.229. The first-order valence-electron chi connectivity index (χ1n) is 7.79. The number of halogens is 1. The molecular formula is C17H19FN4S3. The predicted molar refractivity (Wildman–Crippen MR) is 105 cm³/mol. The smallest absolute Gasteiger partial charge is 0.204 e. The van der Waals surface area contributed by atoms with E-state index in [4.69, 9.17) is 12.2 Å². The summed E-state index contributed by atoms with van der Waals surface area (Å²) in [6, 6.07) is 8.57. The Morgan fingerprint density at radius 3 is 2.72 bits per heavy atom. The number of hydrogen-bond acceptors (Lipinski definition) is 6. The van der Waals surface area contributed by atoms with Crippen molar-refractivity contribution in [2.24, 2.45) is 0 Å². The zero-order valence-electron chi connectivity index (χ0n) is 14.0. The van der Waals surface area contributed by atoms with E-state index in [1.807, 2.05) is 4.68 Å². The Labute approximate surface area is 159 Å². The Bertz CT molecular complexity index is 882. The molecule has 0 spiro atoms. The second-order valence-electron chi connectivity index (χ2n) is 5.84. The second kappa shape index (κ2) is 8.18. The first-order chi connectivity index (χ1) is 12.0. The van der Waals surface area contributed by atoms with Crippen molar-refractivity contribution in [3.05, 3.63) is 61.5 Å². The van der Waals surface area contributed by atoms with Gasteiger partial charge in [-0.05, 0) is 60.9 Å². The van der Waals surface area contributed by atoms with Crippen molar-refractivity contribution in [1.82, 2.24) is 14.7 Å². The van der Waals surface area contributed by atoms with Gasteiger partial charge in [0.2, 0.25) is 5.13 Å². The molecule has 0 saturated heterocycles. The van der Waals surface area contributed by atoms with E-state index in [-0.39, 0.29) is 5.82 Å². The van der Waals surface area contributed by atoms with E-state index in [0.29, 0.717) is 13.2 Å². The molecule has 0 radical (unpaired) electrons. The molecular weight excluding hydrogens is 375 g/mol.